The molecule has 1 N–H and O–H groups in total. The Hall–Kier alpha value is -2.57. The maximum absolute atomic E-state index is 12.9. The number of urea groups is 1. The fraction of sp³-hybridized carbons (Fsp3) is 0.526. The van der Waals surface area contributed by atoms with Crippen molar-refractivity contribution in [2.24, 2.45) is 0 Å². The zero-order valence-electron chi connectivity index (χ0n) is 15.9. The Morgan fingerprint density at radius 3 is 2.23 bits per heavy atom. The first-order valence-corrected chi connectivity index (χ1v) is 8.93. The summed E-state index contributed by atoms with van der Waals surface area (Å²) in [6.07, 6.45) is 1.66. The molecule has 142 valence electrons. The highest BCUT2D eigenvalue weighted by molar-refractivity contribution is 6.09. The van der Waals surface area contributed by atoms with Crippen LogP contribution in [0.2, 0.25) is 0 Å². The minimum atomic E-state index is -1.19. The summed E-state index contributed by atoms with van der Waals surface area (Å²) in [7, 11) is 1.56. The third-order valence-corrected chi connectivity index (χ3v) is 4.58. The summed E-state index contributed by atoms with van der Waals surface area (Å²) in [4.78, 5) is 40.5. The van der Waals surface area contributed by atoms with E-state index in [1.165, 1.54) is 0 Å². The molecule has 1 atom stereocenters. The number of benzene rings is 1. The number of nitrogens with zero attached hydrogens (tertiary/aromatic N) is 2. The van der Waals surface area contributed by atoms with E-state index in [0.717, 1.165) is 17.7 Å². The molecule has 1 fully saturated rings. The molecule has 7 nitrogen and oxygen atoms in total. The Morgan fingerprint density at radius 1 is 1.15 bits per heavy atom. The first-order chi connectivity index (χ1) is 12.4. The predicted molar refractivity (Wildman–Crippen MR) is 97.8 cm³/mol. The van der Waals surface area contributed by atoms with E-state index in [-0.39, 0.29) is 12.5 Å². The molecular weight excluding hydrogens is 334 g/mol. The lowest BCUT2D eigenvalue weighted by molar-refractivity contribution is -0.139. The number of carbonyl (C=O) groups excluding carboxylic acids is 3. The number of nitrogens with one attached hydrogen (secondary N) is 1. The van der Waals surface area contributed by atoms with Gasteiger partial charge in [0.1, 0.15) is 17.8 Å². The molecule has 0 spiro atoms. The second-order valence-electron chi connectivity index (χ2n) is 6.56. The topological polar surface area (TPSA) is 79.0 Å². The lowest BCUT2D eigenvalue weighted by Crippen LogP contribution is -2.45. The minimum Gasteiger partial charge on any atom is -0.497 e. The summed E-state index contributed by atoms with van der Waals surface area (Å²) >= 11 is 0. The van der Waals surface area contributed by atoms with Gasteiger partial charge in [0.2, 0.25) is 5.91 Å². The van der Waals surface area contributed by atoms with E-state index >= 15 is 0 Å². The molecule has 0 unspecified atom stereocenters. The Bertz CT molecular complexity index is 668. The normalized spacial score (nSPS) is 19.5. The van der Waals surface area contributed by atoms with Crippen LogP contribution in [0.25, 0.3) is 0 Å². The van der Waals surface area contributed by atoms with Crippen LogP contribution in [0.3, 0.4) is 0 Å². The van der Waals surface area contributed by atoms with E-state index in [1.54, 1.807) is 43.2 Å². The molecule has 1 aliphatic heterocycles. The van der Waals surface area contributed by atoms with Crippen LogP contribution in [-0.2, 0) is 15.1 Å². The molecule has 0 bridgehead atoms. The number of imide groups is 1. The Kier molecular flexibility index (Phi) is 6.23. The van der Waals surface area contributed by atoms with Crippen molar-refractivity contribution in [3.05, 3.63) is 29.8 Å². The standard InChI is InChI=1S/C19H27N3O4/c1-5-11-21(12-6-2)16(23)13-22-17(24)19(3,20-18(22)25)14-7-9-15(26-4)10-8-14/h7-10H,5-6,11-13H2,1-4H3,(H,20,25)/t19-/m0/s1. The number of rotatable bonds is 8. The van der Waals surface area contributed by atoms with Gasteiger partial charge in [0, 0.05) is 13.1 Å². The van der Waals surface area contributed by atoms with Crippen molar-refractivity contribution in [2.75, 3.05) is 26.7 Å². The van der Waals surface area contributed by atoms with Crippen LogP contribution in [-0.4, -0.2) is 54.4 Å². The maximum atomic E-state index is 12.9. The van der Waals surface area contributed by atoms with Gasteiger partial charge < -0.3 is 15.0 Å². The molecule has 1 aromatic carbocycles. The van der Waals surface area contributed by atoms with Crippen molar-refractivity contribution in [3.8, 4) is 5.75 Å². The van der Waals surface area contributed by atoms with Gasteiger partial charge in [-0.3, -0.25) is 14.5 Å². The van der Waals surface area contributed by atoms with Crippen molar-refractivity contribution >= 4 is 17.8 Å². The Labute approximate surface area is 154 Å². The molecule has 0 aromatic heterocycles. The second kappa shape index (κ2) is 8.21. The highest BCUT2D eigenvalue weighted by Crippen LogP contribution is 2.30. The smallest absolute Gasteiger partial charge is 0.325 e. The zero-order chi connectivity index (χ0) is 19.3. The van der Waals surface area contributed by atoms with Crippen LogP contribution in [0.4, 0.5) is 4.79 Å². The van der Waals surface area contributed by atoms with Crippen molar-refractivity contribution < 1.29 is 19.1 Å². The SMILES string of the molecule is CCCN(CCC)C(=O)CN1C(=O)N[C@@](C)(c2ccc(OC)cc2)C1=O. The van der Waals surface area contributed by atoms with Gasteiger partial charge in [0.15, 0.2) is 0 Å². The monoisotopic (exact) mass is 361 g/mol. The molecule has 4 amide bonds. The summed E-state index contributed by atoms with van der Waals surface area (Å²) in [5.41, 5.74) is -0.546. The number of hydrogen-bond donors (Lipinski definition) is 1. The Morgan fingerprint density at radius 2 is 1.73 bits per heavy atom. The molecule has 2 rings (SSSR count). The van der Waals surface area contributed by atoms with E-state index in [1.807, 2.05) is 13.8 Å². The first-order valence-electron chi connectivity index (χ1n) is 8.93. The highest BCUT2D eigenvalue weighted by Gasteiger charge is 2.49. The summed E-state index contributed by atoms with van der Waals surface area (Å²) in [5.74, 6) is 0.0288. The van der Waals surface area contributed by atoms with E-state index in [4.69, 9.17) is 4.74 Å². The average molecular weight is 361 g/mol. The number of hydrogen-bond acceptors (Lipinski definition) is 4. The summed E-state index contributed by atoms with van der Waals surface area (Å²) in [6, 6.07) is 6.40. The molecular formula is C19H27N3O4. The van der Waals surface area contributed by atoms with E-state index in [2.05, 4.69) is 5.32 Å². The summed E-state index contributed by atoms with van der Waals surface area (Å²) < 4.78 is 5.13. The van der Waals surface area contributed by atoms with Crippen molar-refractivity contribution in [3.63, 3.8) is 0 Å². The average Bonchev–Trinajstić information content (AvgIpc) is 2.85. The summed E-state index contributed by atoms with van der Waals surface area (Å²) in [5, 5.41) is 2.72. The molecule has 1 saturated heterocycles. The molecule has 26 heavy (non-hydrogen) atoms. The van der Waals surface area contributed by atoms with Gasteiger partial charge in [-0.2, -0.15) is 0 Å². The van der Waals surface area contributed by atoms with Crippen LogP contribution in [0.15, 0.2) is 24.3 Å². The van der Waals surface area contributed by atoms with Crippen molar-refractivity contribution in [2.45, 2.75) is 39.2 Å². The first kappa shape index (κ1) is 19.8. The fourth-order valence-corrected chi connectivity index (χ4v) is 3.10. The number of ether oxygens (including phenoxy) is 1. The third-order valence-electron chi connectivity index (χ3n) is 4.58. The maximum Gasteiger partial charge on any atom is 0.325 e. The molecule has 1 aliphatic rings. The predicted octanol–water partition coefficient (Wildman–Crippen LogP) is 2.11. The number of methoxy groups -OCH3 is 1. The van der Waals surface area contributed by atoms with Crippen LogP contribution >= 0.6 is 0 Å². The minimum absolute atomic E-state index is 0.212. The van der Waals surface area contributed by atoms with E-state index in [9.17, 15) is 14.4 Å². The van der Waals surface area contributed by atoms with Crippen LogP contribution in [0.5, 0.6) is 5.75 Å². The van der Waals surface area contributed by atoms with Gasteiger partial charge in [-0.15, -0.1) is 0 Å². The van der Waals surface area contributed by atoms with Crippen LogP contribution in [0, 0.1) is 0 Å². The summed E-state index contributed by atoms with van der Waals surface area (Å²) in [6.45, 7) is 6.62. The second-order valence-corrected chi connectivity index (χ2v) is 6.56. The van der Waals surface area contributed by atoms with Crippen molar-refractivity contribution in [1.29, 1.82) is 0 Å². The van der Waals surface area contributed by atoms with Crippen LogP contribution < -0.4 is 10.1 Å². The zero-order valence-corrected chi connectivity index (χ0v) is 15.9. The number of amides is 4. The van der Waals surface area contributed by atoms with E-state index < -0.39 is 17.5 Å². The van der Waals surface area contributed by atoms with Gasteiger partial charge in [-0.05, 0) is 37.5 Å². The quantitative estimate of drug-likeness (QED) is 0.719. The molecule has 7 heteroatoms. The molecule has 1 heterocycles. The highest BCUT2D eigenvalue weighted by atomic mass is 16.5. The molecule has 1 aromatic rings. The van der Waals surface area contributed by atoms with Gasteiger partial charge >= 0.3 is 6.03 Å². The Balaban J connectivity index is 2.17. The van der Waals surface area contributed by atoms with Crippen LogP contribution in [0.1, 0.15) is 39.2 Å². The van der Waals surface area contributed by atoms with Crippen molar-refractivity contribution in [1.82, 2.24) is 15.1 Å². The fourth-order valence-electron chi connectivity index (χ4n) is 3.10. The lowest BCUT2D eigenvalue weighted by atomic mass is 9.92. The van der Waals surface area contributed by atoms with Gasteiger partial charge in [-0.1, -0.05) is 26.0 Å². The van der Waals surface area contributed by atoms with Gasteiger partial charge in [0.25, 0.3) is 5.91 Å². The third kappa shape index (κ3) is 3.81. The van der Waals surface area contributed by atoms with Gasteiger partial charge in [-0.25, -0.2) is 4.79 Å². The van der Waals surface area contributed by atoms with E-state index in [0.29, 0.717) is 24.4 Å². The lowest BCUT2D eigenvalue weighted by Gasteiger charge is -2.25. The largest absolute Gasteiger partial charge is 0.497 e. The molecule has 0 saturated carbocycles. The molecule has 0 radical (unpaired) electrons. The number of carbonyl (C=O) groups is 3. The molecule has 0 aliphatic carbocycles. The van der Waals surface area contributed by atoms with Gasteiger partial charge in [0.05, 0.1) is 7.11 Å².